The van der Waals surface area contributed by atoms with Gasteiger partial charge >= 0.3 is 0 Å². The predicted octanol–water partition coefficient (Wildman–Crippen LogP) is 4.13. The van der Waals surface area contributed by atoms with Gasteiger partial charge in [-0.05, 0) is 35.7 Å². The summed E-state index contributed by atoms with van der Waals surface area (Å²) in [6.07, 6.45) is 1.01. The molecule has 1 aliphatic rings. The van der Waals surface area contributed by atoms with Gasteiger partial charge in [-0.25, -0.2) is 0 Å². The third-order valence-corrected chi connectivity index (χ3v) is 4.14. The summed E-state index contributed by atoms with van der Waals surface area (Å²) in [5.74, 6) is 1.03. The molecule has 3 rings (SSSR count). The van der Waals surface area contributed by atoms with Crippen LogP contribution >= 0.6 is 11.6 Å². The summed E-state index contributed by atoms with van der Waals surface area (Å²) >= 11 is 6.17. The van der Waals surface area contributed by atoms with E-state index in [1.165, 1.54) is 11.1 Å². The van der Waals surface area contributed by atoms with Gasteiger partial charge in [0.25, 0.3) is 0 Å². The van der Waals surface area contributed by atoms with Gasteiger partial charge < -0.3 is 10.1 Å². The van der Waals surface area contributed by atoms with Crippen molar-refractivity contribution < 1.29 is 4.74 Å². The van der Waals surface area contributed by atoms with Crippen LogP contribution in [0.2, 0.25) is 5.02 Å². The van der Waals surface area contributed by atoms with E-state index in [0.717, 1.165) is 35.9 Å². The van der Waals surface area contributed by atoms with Gasteiger partial charge in [0.2, 0.25) is 0 Å². The molecule has 0 aliphatic carbocycles. The Bertz CT molecular complexity index is 612. The van der Waals surface area contributed by atoms with Crippen molar-refractivity contribution in [2.75, 3.05) is 6.61 Å². The van der Waals surface area contributed by atoms with E-state index in [1.54, 1.807) is 0 Å². The smallest absolute Gasteiger partial charge is 0.122 e. The zero-order chi connectivity index (χ0) is 13.9. The fourth-order valence-corrected chi connectivity index (χ4v) is 2.70. The van der Waals surface area contributed by atoms with Gasteiger partial charge in [0.05, 0.1) is 6.61 Å². The zero-order valence-corrected chi connectivity index (χ0v) is 12.3. The van der Waals surface area contributed by atoms with Crippen LogP contribution in [-0.4, -0.2) is 6.61 Å². The number of fused-ring (bicyclic) bond motifs is 1. The van der Waals surface area contributed by atoms with E-state index >= 15 is 0 Å². The maximum atomic E-state index is 6.17. The average Bonchev–Trinajstić information content (AvgIpc) is 2.93. The van der Waals surface area contributed by atoms with Crippen LogP contribution in [0.1, 0.15) is 29.7 Å². The third-order valence-electron chi connectivity index (χ3n) is 3.77. The van der Waals surface area contributed by atoms with Crippen LogP contribution in [0.15, 0.2) is 42.5 Å². The molecule has 3 heteroatoms. The Morgan fingerprint density at radius 2 is 2.10 bits per heavy atom. The highest BCUT2D eigenvalue weighted by Gasteiger charge is 2.14. The summed E-state index contributed by atoms with van der Waals surface area (Å²) in [6, 6.07) is 14.7. The second kappa shape index (κ2) is 5.86. The van der Waals surface area contributed by atoms with Gasteiger partial charge in [-0.1, -0.05) is 41.9 Å². The second-order valence-electron chi connectivity index (χ2n) is 5.16. The first-order valence-electron chi connectivity index (χ1n) is 6.96. The first-order chi connectivity index (χ1) is 9.74. The van der Waals surface area contributed by atoms with Crippen LogP contribution in [0.3, 0.4) is 0 Å². The lowest BCUT2D eigenvalue weighted by atomic mass is 10.0. The van der Waals surface area contributed by atoms with Gasteiger partial charge in [-0.2, -0.15) is 0 Å². The van der Waals surface area contributed by atoms with E-state index in [4.69, 9.17) is 16.3 Å². The SMILES string of the molecule is CC(NCc1ccccc1Cl)c1ccc2c(c1)CCO2. The minimum Gasteiger partial charge on any atom is -0.493 e. The molecule has 1 atom stereocenters. The van der Waals surface area contributed by atoms with Gasteiger partial charge in [0.1, 0.15) is 5.75 Å². The largest absolute Gasteiger partial charge is 0.493 e. The van der Waals surface area contributed by atoms with Gasteiger partial charge in [0.15, 0.2) is 0 Å². The molecule has 0 bridgehead atoms. The molecule has 0 aromatic heterocycles. The molecule has 2 aromatic carbocycles. The molecule has 2 aromatic rings. The van der Waals surface area contributed by atoms with Gasteiger partial charge in [-0.15, -0.1) is 0 Å². The number of rotatable bonds is 4. The maximum Gasteiger partial charge on any atom is 0.122 e. The quantitative estimate of drug-likeness (QED) is 0.913. The summed E-state index contributed by atoms with van der Waals surface area (Å²) in [4.78, 5) is 0. The molecule has 1 aliphatic heterocycles. The molecule has 0 saturated carbocycles. The molecular formula is C17H18ClNO. The fraction of sp³-hybridized carbons (Fsp3) is 0.294. The number of benzene rings is 2. The molecule has 0 saturated heterocycles. The average molecular weight is 288 g/mol. The molecule has 2 nitrogen and oxygen atoms in total. The Kier molecular flexibility index (Phi) is 3.95. The Morgan fingerprint density at radius 3 is 2.95 bits per heavy atom. The van der Waals surface area contributed by atoms with Crippen LogP contribution in [0.25, 0.3) is 0 Å². The first kappa shape index (κ1) is 13.5. The van der Waals surface area contributed by atoms with Crippen LogP contribution in [0, 0.1) is 0 Å². The minimum absolute atomic E-state index is 0.289. The Hall–Kier alpha value is -1.51. The normalized spacial score (nSPS) is 14.7. The van der Waals surface area contributed by atoms with Crippen molar-refractivity contribution in [1.82, 2.24) is 5.32 Å². The number of nitrogens with one attached hydrogen (secondary N) is 1. The standard InChI is InChI=1S/C17H18ClNO/c1-12(19-11-15-4-2-3-5-16(15)18)13-6-7-17-14(10-13)8-9-20-17/h2-7,10,12,19H,8-9,11H2,1H3. The molecule has 0 spiro atoms. The van der Waals surface area contributed by atoms with Crippen molar-refractivity contribution in [3.8, 4) is 5.75 Å². The molecule has 1 unspecified atom stereocenters. The molecule has 1 heterocycles. The van der Waals surface area contributed by atoms with Crippen LogP contribution in [0.4, 0.5) is 0 Å². The molecule has 20 heavy (non-hydrogen) atoms. The van der Waals surface area contributed by atoms with Crippen LogP contribution in [-0.2, 0) is 13.0 Å². The van der Waals surface area contributed by atoms with E-state index in [2.05, 4.69) is 36.5 Å². The Balaban J connectivity index is 1.67. The number of hydrogen-bond donors (Lipinski definition) is 1. The molecular weight excluding hydrogens is 270 g/mol. The highest BCUT2D eigenvalue weighted by Crippen LogP contribution is 2.28. The molecule has 0 amide bonds. The molecule has 0 radical (unpaired) electrons. The van der Waals surface area contributed by atoms with Crippen molar-refractivity contribution in [2.45, 2.75) is 25.9 Å². The monoisotopic (exact) mass is 287 g/mol. The summed E-state index contributed by atoms with van der Waals surface area (Å²) in [6.45, 7) is 3.75. The summed E-state index contributed by atoms with van der Waals surface area (Å²) in [5, 5.41) is 4.34. The molecule has 0 fully saturated rings. The summed E-state index contributed by atoms with van der Waals surface area (Å²) in [5.41, 5.74) is 3.74. The zero-order valence-electron chi connectivity index (χ0n) is 11.5. The fourth-order valence-electron chi connectivity index (χ4n) is 2.50. The molecule has 1 N–H and O–H groups in total. The minimum atomic E-state index is 0.289. The predicted molar refractivity (Wildman–Crippen MR) is 82.3 cm³/mol. The van der Waals surface area contributed by atoms with Crippen LogP contribution in [0.5, 0.6) is 5.75 Å². The molecule has 104 valence electrons. The van der Waals surface area contributed by atoms with Crippen LogP contribution < -0.4 is 10.1 Å². The van der Waals surface area contributed by atoms with E-state index in [1.807, 2.05) is 18.2 Å². The van der Waals surface area contributed by atoms with E-state index in [9.17, 15) is 0 Å². The first-order valence-corrected chi connectivity index (χ1v) is 7.34. The summed E-state index contributed by atoms with van der Waals surface area (Å²) < 4.78 is 5.54. The van der Waals surface area contributed by atoms with Crippen molar-refractivity contribution in [2.24, 2.45) is 0 Å². The van der Waals surface area contributed by atoms with Gasteiger partial charge in [-0.3, -0.25) is 0 Å². The lowest BCUT2D eigenvalue weighted by Gasteiger charge is -2.16. The second-order valence-corrected chi connectivity index (χ2v) is 5.57. The van der Waals surface area contributed by atoms with Crippen molar-refractivity contribution >= 4 is 11.6 Å². The number of halogens is 1. The lowest BCUT2D eigenvalue weighted by molar-refractivity contribution is 0.356. The summed E-state index contributed by atoms with van der Waals surface area (Å²) in [7, 11) is 0. The highest BCUT2D eigenvalue weighted by molar-refractivity contribution is 6.31. The van der Waals surface area contributed by atoms with Crippen molar-refractivity contribution in [3.05, 3.63) is 64.2 Å². The lowest BCUT2D eigenvalue weighted by Crippen LogP contribution is -2.18. The number of hydrogen-bond acceptors (Lipinski definition) is 2. The van der Waals surface area contributed by atoms with E-state index in [-0.39, 0.29) is 6.04 Å². The topological polar surface area (TPSA) is 21.3 Å². The van der Waals surface area contributed by atoms with E-state index in [0.29, 0.717) is 0 Å². The Labute approximate surface area is 124 Å². The van der Waals surface area contributed by atoms with Crippen molar-refractivity contribution in [1.29, 1.82) is 0 Å². The third kappa shape index (κ3) is 2.82. The Morgan fingerprint density at radius 1 is 1.25 bits per heavy atom. The number of ether oxygens (including phenoxy) is 1. The van der Waals surface area contributed by atoms with E-state index < -0.39 is 0 Å². The van der Waals surface area contributed by atoms with Gasteiger partial charge in [0, 0.05) is 24.0 Å². The highest BCUT2D eigenvalue weighted by atomic mass is 35.5. The van der Waals surface area contributed by atoms with Crippen molar-refractivity contribution in [3.63, 3.8) is 0 Å². The maximum absolute atomic E-state index is 6.17.